The van der Waals surface area contributed by atoms with Crippen LogP contribution in [0.2, 0.25) is 0 Å². The van der Waals surface area contributed by atoms with Gasteiger partial charge in [0.1, 0.15) is 16.8 Å². The van der Waals surface area contributed by atoms with Crippen LogP contribution in [0.1, 0.15) is 6.42 Å². The lowest BCUT2D eigenvalue weighted by Crippen LogP contribution is -2.41. The smallest absolute Gasteiger partial charge is 0.321 e. The molecule has 0 aliphatic rings. The number of carbonyl (C=O) groups is 1. The topological polar surface area (TPSA) is 147 Å². The maximum absolute atomic E-state index is 13.6. The lowest BCUT2D eigenvalue weighted by Gasteiger charge is -2.13. The van der Waals surface area contributed by atoms with Crippen LogP contribution in [-0.2, 0) is 14.8 Å². The van der Waals surface area contributed by atoms with Crippen molar-refractivity contribution in [2.24, 2.45) is 0 Å². The molecule has 0 heterocycles. The standard InChI is InChI=1S/C10H11FN2O7S/c11-7-5-6(13(17)18)1-2-9(7)21(19,20)12-8(3-4-14)10(15)16/h1-2,5,8,12,14H,3-4H2,(H,15,16)/t8-/m1/s1. The number of carboxylic acids is 1. The highest BCUT2D eigenvalue weighted by Gasteiger charge is 2.28. The van der Waals surface area contributed by atoms with Crippen LogP contribution in [0, 0.1) is 15.9 Å². The van der Waals surface area contributed by atoms with E-state index in [2.05, 4.69) is 0 Å². The fourth-order valence-electron chi connectivity index (χ4n) is 1.43. The molecule has 21 heavy (non-hydrogen) atoms. The van der Waals surface area contributed by atoms with Crippen LogP contribution in [-0.4, -0.2) is 42.2 Å². The van der Waals surface area contributed by atoms with Gasteiger partial charge in [-0.1, -0.05) is 0 Å². The molecule has 0 saturated heterocycles. The Balaban J connectivity index is 3.13. The van der Waals surface area contributed by atoms with E-state index in [1.807, 2.05) is 0 Å². The second kappa shape index (κ2) is 6.56. The highest BCUT2D eigenvalue weighted by atomic mass is 32.2. The Morgan fingerprint density at radius 3 is 2.52 bits per heavy atom. The first-order valence-corrected chi connectivity index (χ1v) is 6.97. The molecule has 0 radical (unpaired) electrons. The van der Waals surface area contributed by atoms with E-state index >= 15 is 0 Å². The van der Waals surface area contributed by atoms with Crippen molar-refractivity contribution in [1.82, 2.24) is 4.72 Å². The third-order valence-corrected chi connectivity index (χ3v) is 3.93. The molecule has 1 rings (SSSR count). The van der Waals surface area contributed by atoms with Gasteiger partial charge in [-0.25, -0.2) is 12.8 Å². The monoisotopic (exact) mass is 322 g/mol. The number of nitrogens with zero attached hydrogens (tertiary/aromatic N) is 1. The maximum atomic E-state index is 13.6. The number of aliphatic hydroxyl groups excluding tert-OH is 1. The minimum absolute atomic E-state index is 0.413. The van der Waals surface area contributed by atoms with E-state index in [9.17, 15) is 27.7 Å². The summed E-state index contributed by atoms with van der Waals surface area (Å²) in [6, 6.07) is 0.207. The van der Waals surface area contributed by atoms with Gasteiger partial charge >= 0.3 is 5.97 Å². The van der Waals surface area contributed by atoms with Crippen molar-refractivity contribution in [3.8, 4) is 0 Å². The summed E-state index contributed by atoms with van der Waals surface area (Å²) in [5, 5.41) is 27.9. The molecule has 1 atom stereocenters. The van der Waals surface area contributed by atoms with Crippen LogP contribution in [0.15, 0.2) is 23.1 Å². The minimum atomic E-state index is -4.54. The van der Waals surface area contributed by atoms with Crippen LogP contribution >= 0.6 is 0 Å². The largest absolute Gasteiger partial charge is 0.480 e. The van der Waals surface area contributed by atoms with Gasteiger partial charge in [0.2, 0.25) is 10.0 Å². The zero-order valence-electron chi connectivity index (χ0n) is 10.4. The molecule has 11 heteroatoms. The van der Waals surface area contributed by atoms with E-state index in [-0.39, 0.29) is 0 Å². The summed E-state index contributed by atoms with van der Waals surface area (Å²) in [5.41, 5.74) is -0.642. The Bertz CT molecular complexity index is 661. The molecular weight excluding hydrogens is 311 g/mol. The summed E-state index contributed by atoms with van der Waals surface area (Å²) in [5.74, 6) is -2.93. The summed E-state index contributed by atoms with van der Waals surface area (Å²) < 4.78 is 39.0. The second-order valence-electron chi connectivity index (χ2n) is 3.90. The summed E-state index contributed by atoms with van der Waals surface area (Å²) >= 11 is 0. The Morgan fingerprint density at radius 1 is 1.48 bits per heavy atom. The van der Waals surface area contributed by atoms with Gasteiger partial charge in [-0.15, -0.1) is 0 Å². The van der Waals surface area contributed by atoms with Crippen LogP contribution in [0.3, 0.4) is 0 Å². The van der Waals surface area contributed by atoms with Gasteiger partial charge in [0.05, 0.1) is 11.0 Å². The zero-order chi connectivity index (χ0) is 16.2. The van der Waals surface area contributed by atoms with E-state index in [0.29, 0.717) is 12.1 Å². The number of aliphatic carboxylic acids is 1. The molecule has 0 amide bonds. The molecule has 116 valence electrons. The van der Waals surface area contributed by atoms with Gasteiger partial charge < -0.3 is 10.2 Å². The van der Waals surface area contributed by atoms with Crippen molar-refractivity contribution in [2.45, 2.75) is 17.4 Å². The molecule has 9 nitrogen and oxygen atoms in total. The molecule has 0 spiro atoms. The predicted octanol–water partition coefficient (Wildman–Crippen LogP) is -0.152. The molecule has 0 fully saturated rings. The molecule has 0 bridgehead atoms. The van der Waals surface area contributed by atoms with Crippen molar-refractivity contribution >= 4 is 21.7 Å². The van der Waals surface area contributed by atoms with Crippen molar-refractivity contribution in [3.63, 3.8) is 0 Å². The number of sulfonamides is 1. The van der Waals surface area contributed by atoms with Gasteiger partial charge in [-0.2, -0.15) is 4.72 Å². The molecule has 1 aromatic rings. The average Bonchev–Trinajstić information content (AvgIpc) is 2.37. The van der Waals surface area contributed by atoms with Gasteiger partial charge in [0.25, 0.3) is 5.69 Å². The van der Waals surface area contributed by atoms with Crippen molar-refractivity contribution < 1.29 is 32.7 Å². The number of benzene rings is 1. The van der Waals surface area contributed by atoms with Crippen molar-refractivity contribution in [3.05, 3.63) is 34.1 Å². The highest BCUT2D eigenvalue weighted by Crippen LogP contribution is 2.20. The number of hydrogen-bond donors (Lipinski definition) is 3. The highest BCUT2D eigenvalue weighted by molar-refractivity contribution is 7.89. The third-order valence-electron chi connectivity index (χ3n) is 2.43. The minimum Gasteiger partial charge on any atom is -0.480 e. The van der Waals surface area contributed by atoms with E-state index in [1.165, 1.54) is 0 Å². The average molecular weight is 322 g/mol. The molecule has 0 unspecified atom stereocenters. The Hall–Kier alpha value is -2.11. The number of halogens is 1. The number of rotatable bonds is 7. The number of nitro groups is 1. The van der Waals surface area contributed by atoms with Crippen LogP contribution < -0.4 is 4.72 Å². The molecule has 0 aliphatic heterocycles. The molecule has 0 aliphatic carbocycles. The first-order chi connectivity index (χ1) is 9.69. The van der Waals surface area contributed by atoms with E-state index in [1.54, 1.807) is 4.72 Å². The van der Waals surface area contributed by atoms with Gasteiger partial charge in [-0.3, -0.25) is 14.9 Å². The lowest BCUT2D eigenvalue weighted by molar-refractivity contribution is -0.385. The number of nitro benzene ring substituents is 1. The van der Waals surface area contributed by atoms with Gasteiger partial charge in [0.15, 0.2) is 0 Å². The predicted molar refractivity (Wildman–Crippen MR) is 66.5 cm³/mol. The number of non-ortho nitro benzene ring substituents is 1. The number of aliphatic hydroxyl groups is 1. The summed E-state index contributed by atoms with van der Waals surface area (Å²) in [6.45, 7) is -0.595. The summed E-state index contributed by atoms with van der Waals surface area (Å²) in [7, 11) is -4.54. The maximum Gasteiger partial charge on any atom is 0.321 e. The zero-order valence-corrected chi connectivity index (χ0v) is 11.2. The first-order valence-electron chi connectivity index (χ1n) is 5.49. The van der Waals surface area contributed by atoms with Crippen LogP contribution in [0.25, 0.3) is 0 Å². The summed E-state index contributed by atoms with van der Waals surface area (Å²) in [4.78, 5) is 19.4. The van der Waals surface area contributed by atoms with Gasteiger partial charge in [-0.05, 0) is 12.5 Å². The Morgan fingerprint density at radius 2 is 2.10 bits per heavy atom. The Labute approximate surface area is 118 Å². The molecule has 3 N–H and O–H groups in total. The molecule has 0 saturated carbocycles. The summed E-state index contributed by atoms with van der Waals surface area (Å²) in [6.07, 6.45) is -0.414. The van der Waals surface area contributed by atoms with Crippen molar-refractivity contribution in [2.75, 3.05) is 6.61 Å². The second-order valence-corrected chi connectivity index (χ2v) is 5.58. The van der Waals surface area contributed by atoms with E-state index in [4.69, 9.17) is 10.2 Å². The number of nitrogens with one attached hydrogen (secondary N) is 1. The molecular formula is C10H11FN2O7S. The molecule has 0 aromatic heterocycles. The van der Waals surface area contributed by atoms with Crippen LogP contribution in [0.4, 0.5) is 10.1 Å². The normalized spacial score (nSPS) is 12.9. The van der Waals surface area contributed by atoms with E-state index in [0.717, 1.165) is 6.07 Å². The number of carboxylic acid groups (broad SMARTS) is 1. The van der Waals surface area contributed by atoms with Crippen LogP contribution in [0.5, 0.6) is 0 Å². The fourth-order valence-corrected chi connectivity index (χ4v) is 2.72. The fraction of sp³-hybridized carbons (Fsp3) is 0.300. The van der Waals surface area contributed by atoms with Gasteiger partial charge in [0, 0.05) is 12.7 Å². The first kappa shape index (κ1) is 16.9. The third kappa shape index (κ3) is 4.18. The Kier molecular flexibility index (Phi) is 5.29. The lowest BCUT2D eigenvalue weighted by atomic mass is 10.2. The quantitative estimate of drug-likeness (QED) is 0.467. The molecule has 1 aromatic carbocycles. The SMILES string of the molecule is O=C(O)[C@@H](CCO)NS(=O)(=O)c1ccc([N+](=O)[O-])cc1F. The number of hydrogen-bond acceptors (Lipinski definition) is 6. The van der Waals surface area contributed by atoms with Crippen molar-refractivity contribution in [1.29, 1.82) is 0 Å². The van der Waals surface area contributed by atoms with E-state index < -0.39 is 56.4 Å².